The van der Waals surface area contributed by atoms with Gasteiger partial charge in [0, 0.05) is 43.5 Å². The molecule has 0 aliphatic carbocycles. The minimum atomic E-state index is -1.01. The SMILES string of the molecule is Cc1cnc(C(=CN)CNC(=O)c2c[nH]c(=O)c(F)c2)n1C. The third-order valence-electron chi connectivity index (χ3n) is 3.27. The van der Waals surface area contributed by atoms with Crippen LogP contribution >= 0.6 is 0 Å². The summed E-state index contributed by atoms with van der Waals surface area (Å²) in [5.41, 5.74) is 6.29. The molecule has 0 bridgehead atoms. The summed E-state index contributed by atoms with van der Waals surface area (Å²) >= 11 is 0. The number of carbonyl (C=O) groups excluding carboxylic acids is 1. The number of halogens is 1. The molecule has 116 valence electrons. The minimum absolute atomic E-state index is 0.0180. The highest BCUT2D eigenvalue weighted by molar-refractivity contribution is 5.94. The van der Waals surface area contributed by atoms with Crippen molar-refractivity contribution in [2.24, 2.45) is 12.8 Å². The number of H-pyrrole nitrogens is 1. The first-order chi connectivity index (χ1) is 10.4. The van der Waals surface area contributed by atoms with Crippen molar-refractivity contribution in [2.75, 3.05) is 6.54 Å². The first-order valence-corrected chi connectivity index (χ1v) is 6.50. The maximum Gasteiger partial charge on any atom is 0.283 e. The molecule has 0 aliphatic heterocycles. The van der Waals surface area contributed by atoms with Crippen LogP contribution in [0.3, 0.4) is 0 Å². The summed E-state index contributed by atoms with van der Waals surface area (Å²) in [5.74, 6) is -0.907. The van der Waals surface area contributed by atoms with Gasteiger partial charge in [-0.25, -0.2) is 9.37 Å². The Morgan fingerprint density at radius 3 is 2.86 bits per heavy atom. The molecule has 0 saturated carbocycles. The first-order valence-electron chi connectivity index (χ1n) is 6.50. The molecular weight excluding hydrogens is 289 g/mol. The van der Waals surface area contributed by atoms with Crippen molar-refractivity contribution in [1.29, 1.82) is 0 Å². The molecule has 1 amide bonds. The zero-order valence-corrected chi connectivity index (χ0v) is 12.2. The largest absolute Gasteiger partial charge is 0.404 e. The number of hydrogen-bond donors (Lipinski definition) is 3. The van der Waals surface area contributed by atoms with E-state index in [0.717, 1.165) is 18.0 Å². The van der Waals surface area contributed by atoms with E-state index in [1.54, 1.807) is 6.20 Å². The predicted octanol–water partition coefficient (Wildman–Crippen LogP) is 0.286. The number of imidazole rings is 1. The number of nitrogens with zero attached hydrogens (tertiary/aromatic N) is 2. The van der Waals surface area contributed by atoms with Gasteiger partial charge in [-0.3, -0.25) is 9.59 Å². The topological polar surface area (TPSA) is 106 Å². The Hall–Kier alpha value is -2.90. The molecule has 0 atom stereocenters. The maximum atomic E-state index is 13.2. The summed E-state index contributed by atoms with van der Waals surface area (Å²) in [7, 11) is 1.83. The van der Waals surface area contributed by atoms with Crippen molar-refractivity contribution in [2.45, 2.75) is 6.92 Å². The summed E-state index contributed by atoms with van der Waals surface area (Å²) in [6, 6.07) is 0.880. The van der Waals surface area contributed by atoms with Gasteiger partial charge in [0.1, 0.15) is 5.82 Å². The van der Waals surface area contributed by atoms with Crippen LogP contribution in [-0.2, 0) is 7.05 Å². The van der Waals surface area contributed by atoms with Gasteiger partial charge in [0.25, 0.3) is 11.5 Å². The first kappa shape index (κ1) is 15.5. The van der Waals surface area contributed by atoms with Crippen LogP contribution in [0.5, 0.6) is 0 Å². The monoisotopic (exact) mass is 305 g/mol. The van der Waals surface area contributed by atoms with Crippen LogP contribution in [-0.4, -0.2) is 27.0 Å². The number of nitrogens with two attached hydrogens (primary N) is 1. The number of aromatic nitrogens is 3. The maximum absolute atomic E-state index is 13.2. The molecule has 22 heavy (non-hydrogen) atoms. The molecule has 0 saturated heterocycles. The number of nitrogens with one attached hydrogen (secondary N) is 2. The molecule has 2 aromatic heterocycles. The second-order valence-electron chi connectivity index (χ2n) is 4.72. The van der Waals surface area contributed by atoms with Crippen molar-refractivity contribution in [3.8, 4) is 0 Å². The Morgan fingerprint density at radius 2 is 2.32 bits per heavy atom. The second-order valence-corrected chi connectivity index (χ2v) is 4.72. The average molecular weight is 305 g/mol. The zero-order valence-electron chi connectivity index (χ0n) is 12.2. The number of amides is 1. The summed E-state index contributed by atoms with van der Waals surface area (Å²) in [4.78, 5) is 29.3. The van der Waals surface area contributed by atoms with Crippen molar-refractivity contribution < 1.29 is 9.18 Å². The molecule has 2 rings (SSSR count). The van der Waals surface area contributed by atoms with Gasteiger partial charge in [-0.05, 0) is 13.0 Å². The minimum Gasteiger partial charge on any atom is -0.404 e. The van der Waals surface area contributed by atoms with E-state index in [1.165, 1.54) is 6.20 Å². The van der Waals surface area contributed by atoms with Crippen LogP contribution in [0.25, 0.3) is 5.57 Å². The van der Waals surface area contributed by atoms with E-state index in [2.05, 4.69) is 15.3 Å². The fourth-order valence-electron chi connectivity index (χ4n) is 1.87. The van der Waals surface area contributed by atoms with Crippen molar-refractivity contribution >= 4 is 11.5 Å². The van der Waals surface area contributed by atoms with Gasteiger partial charge >= 0.3 is 0 Å². The van der Waals surface area contributed by atoms with Gasteiger partial charge in [0.2, 0.25) is 0 Å². The summed E-state index contributed by atoms with van der Waals surface area (Å²) in [6.45, 7) is 2.02. The normalized spacial score (nSPS) is 11.5. The molecule has 2 heterocycles. The molecule has 0 aromatic carbocycles. The van der Waals surface area contributed by atoms with Crippen LogP contribution in [0.4, 0.5) is 4.39 Å². The molecule has 8 heteroatoms. The number of hydrogen-bond acceptors (Lipinski definition) is 4. The van der Waals surface area contributed by atoms with E-state index in [0.29, 0.717) is 11.4 Å². The third-order valence-corrected chi connectivity index (χ3v) is 3.27. The number of aryl methyl sites for hydroxylation is 1. The van der Waals surface area contributed by atoms with E-state index in [1.807, 2.05) is 18.5 Å². The number of carbonyl (C=O) groups is 1. The Kier molecular flexibility index (Phi) is 4.40. The van der Waals surface area contributed by atoms with Crippen molar-refractivity contribution in [3.05, 3.63) is 57.9 Å². The van der Waals surface area contributed by atoms with Gasteiger partial charge in [-0.1, -0.05) is 0 Å². The van der Waals surface area contributed by atoms with Gasteiger partial charge in [0.05, 0.1) is 5.56 Å². The molecule has 0 unspecified atom stereocenters. The van der Waals surface area contributed by atoms with Crippen LogP contribution in [0.1, 0.15) is 21.9 Å². The van der Waals surface area contributed by atoms with E-state index in [-0.39, 0.29) is 12.1 Å². The van der Waals surface area contributed by atoms with E-state index in [4.69, 9.17) is 5.73 Å². The fraction of sp³-hybridized carbons (Fsp3) is 0.214. The highest BCUT2D eigenvalue weighted by Crippen LogP contribution is 2.12. The van der Waals surface area contributed by atoms with Gasteiger partial charge in [-0.2, -0.15) is 0 Å². The summed E-state index contributed by atoms with van der Waals surface area (Å²) in [5, 5.41) is 2.60. The standard InChI is InChI=1S/C14H16FN5O2/c1-8-5-17-12(20(8)2)10(4-16)7-18-13(21)9-3-11(15)14(22)19-6-9/h3-6H,7,16H2,1-2H3,(H,18,21)(H,19,22). The van der Waals surface area contributed by atoms with Crippen LogP contribution in [0.2, 0.25) is 0 Å². The highest BCUT2D eigenvalue weighted by Gasteiger charge is 2.12. The van der Waals surface area contributed by atoms with Crippen LogP contribution in [0.15, 0.2) is 29.5 Å². The Bertz CT molecular complexity index is 791. The number of rotatable bonds is 4. The highest BCUT2D eigenvalue weighted by atomic mass is 19.1. The quantitative estimate of drug-likeness (QED) is 0.754. The lowest BCUT2D eigenvalue weighted by Crippen LogP contribution is -2.27. The molecule has 0 radical (unpaired) electrons. The second kappa shape index (κ2) is 6.25. The predicted molar refractivity (Wildman–Crippen MR) is 79.5 cm³/mol. The zero-order chi connectivity index (χ0) is 16.3. The Labute approximate surface area is 125 Å². The smallest absolute Gasteiger partial charge is 0.283 e. The summed E-state index contributed by atoms with van der Waals surface area (Å²) in [6.07, 6.45) is 4.20. The Morgan fingerprint density at radius 1 is 1.59 bits per heavy atom. The molecule has 7 nitrogen and oxygen atoms in total. The summed E-state index contributed by atoms with van der Waals surface area (Å²) < 4.78 is 15.0. The number of pyridine rings is 1. The van der Waals surface area contributed by atoms with Crippen LogP contribution < -0.4 is 16.6 Å². The Balaban J connectivity index is 2.11. The fourth-order valence-corrected chi connectivity index (χ4v) is 1.87. The number of aromatic amines is 1. The van der Waals surface area contributed by atoms with Gasteiger partial charge in [-0.15, -0.1) is 0 Å². The molecule has 0 spiro atoms. The lowest BCUT2D eigenvalue weighted by Gasteiger charge is -2.09. The van der Waals surface area contributed by atoms with Crippen molar-refractivity contribution in [3.63, 3.8) is 0 Å². The van der Waals surface area contributed by atoms with Crippen LogP contribution in [0, 0.1) is 12.7 Å². The molecule has 0 fully saturated rings. The molecular formula is C14H16FN5O2. The van der Waals surface area contributed by atoms with Crippen molar-refractivity contribution in [1.82, 2.24) is 19.9 Å². The molecule has 4 N–H and O–H groups in total. The average Bonchev–Trinajstić information content (AvgIpc) is 2.83. The third kappa shape index (κ3) is 3.05. The lowest BCUT2D eigenvalue weighted by molar-refractivity contribution is 0.0957. The van der Waals surface area contributed by atoms with E-state index >= 15 is 0 Å². The molecule has 0 aliphatic rings. The van der Waals surface area contributed by atoms with E-state index < -0.39 is 17.3 Å². The lowest BCUT2D eigenvalue weighted by atomic mass is 10.2. The van der Waals surface area contributed by atoms with Gasteiger partial charge < -0.3 is 20.6 Å². The molecule has 2 aromatic rings. The van der Waals surface area contributed by atoms with E-state index in [9.17, 15) is 14.0 Å². The van der Waals surface area contributed by atoms with Gasteiger partial charge in [0.15, 0.2) is 5.82 Å².